The molecule has 5 rings (SSSR count). The van der Waals surface area contributed by atoms with Crippen LogP contribution in [0.3, 0.4) is 0 Å². The second-order valence-corrected chi connectivity index (χ2v) is 9.08. The first kappa shape index (κ1) is 20.3. The number of aromatic nitrogens is 3. The molecule has 2 amide bonds. The molecule has 4 heterocycles. The number of aromatic amines is 1. The molecule has 29 heavy (non-hydrogen) atoms. The van der Waals surface area contributed by atoms with Crippen LogP contribution in [0.2, 0.25) is 0 Å². The third-order valence-corrected chi connectivity index (χ3v) is 6.72. The summed E-state index contributed by atoms with van der Waals surface area (Å²) in [7, 11) is 0. The summed E-state index contributed by atoms with van der Waals surface area (Å²) >= 11 is 1.66. The van der Waals surface area contributed by atoms with Gasteiger partial charge in [0, 0.05) is 24.3 Å². The Balaban J connectivity index is 0.00000205. The minimum atomic E-state index is 0. The third kappa shape index (κ3) is 3.57. The van der Waals surface area contributed by atoms with Crippen molar-refractivity contribution in [3.05, 3.63) is 27.6 Å². The average molecular weight is 435 g/mol. The van der Waals surface area contributed by atoms with Crippen molar-refractivity contribution >= 4 is 41.4 Å². The summed E-state index contributed by atoms with van der Waals surface area (Å²) in [5.41, 5.74) is 1.98. The predicted molar refractivity (Wildman–Crippen MR) is 118 cm³/mol. The molecule has 9 heteroatoms. The van der Waals surface area contributed by atoms with Crippen molar-refractivity contribution in [2.24, 2.45) is 4.99 Å². The lowest BCUT2D eigenvalue weighted by Gasteiger charge is -2.32. The summed E-state index contributed by atoms with van der Waals surface area (Å²) in [5.74, 6) is 3.04. The highest BCUT2D eigenvalue weighted by molar-refractivity contribution is 7.09. The number of hydrogen-bond acceptors (Lipinski definition) is 5. The summed E-state index contributed by atoms with van der Waals surface area (Å²) in [6.07, 6.45) is 6.54. The van der Waals surface area contributed by atoms with E-state index in [-0.39, 0.29) is 24.5 Å². The molecule has 1 atom stereocenters. The summed E-state index contributed by atoms with van der Waals surface area (Å²) in [5, 5.41) is 3.17. The minimum Gasteiger partial charge on any atom is -0.337 e. The number of carbonyl (C=O) groups is 1. The highest BCUT2D eigenvalue weighted by Gasteiger charge is 2.42. The van der Waals surface area contributed by atoms with Crippen LogP contribution in [0.4, 0.5) is 10.6 Å². The zero-order chi connectivity index (χ0) is 19.3. The van der Waals surface area contributed by atoms with Gasteiger partial charge < -0.3 is 4.98 Å². The van der Waals surface area contributed by atoms with E-state index in [1.807, 2.05) is 16.7 Å². The summed E-state index contributed by atoms with van der Waals surface area (Å²) < 4.78 is 0. The second-order valence-electron chi connectivity index (χ2n) is 8.02. The SMILES string of the molecule is CCCN1C(=O)N2CC(Cc3csc(C)n3)N=C2c2[nH]c(C3CCCC3)nc21.Cl. The number of urea groups is 1. The van der Waals surface area contributed by atoms with Crippen molar-refractivity contribution < 1.29 is 4.79 Å². The van der Waals surface area contributed by atoms with E-state index in [0.717, 1.165) is 46.7 Å². The first-order valence-electron chi connectivity index (χ1n) is 10.3. The van der Waals surface area contributed by atoms with Crippen LogP contribution in [-0.2, 0) is 6.42 Å². The van der Waals surface area contributed by atoms with Crippen molar-refractivity contribution in [3.63, 3.8) is 0 Å². The first-order chi connectivity index (χ1) is 13.6. The number of carbonyl (C=O) groups excluding carboxylic acids is 1. The van der Waals surface area contributed by atoms with Crippen molar-refractivity contribution in [3.8, 4) is 0 Å². The Morgan fingerprint density at radius 1 is 1.28 bits per heavy atom. The molecule has 2 aliphatic heterocycles. The maximum atomic E-state index is 13.2. The second kappa shape index (κ2) is 8.07. The molecule has 2 aromatic rings. The molecule has 0 radical (unpaired) electrons. The van der Waals surface area contributed by atoms with Crippen LogP contribution in [0.5, 0.6) is 0 Å². The number of anilines is 1. The van der Waals surface area contributed by atoms with Gasteiger partial charge in [-0.3, -0.25) is 14.8 Å². The summed E-state index contributed by atoms with van der Waals surface area (Å²) in [4.78, 5) is 34.8. The first-order valence-corrected chi connectivity index (χ1v) is 11.2. The Bertz CT molecular complexity index is 931. The van der Waals surface area contributed by atoms with Crippen LogP contribution >= 0.6 is 23.7 Å². The lowest BCUT2D eigenvalue weighted by molar-refractivity contribution is 0.226. The van der Waals surface area contributed by atoms with Crippen LogP contribution in [0.25, 0.3) is 0 Å². The van der Waals surface area contributed by atoms with Crippen LogP contribution in [0.15, 0.2) is 10.4 Å². The van der Waals surface area contributed by atoms with Gasteiger partial charge in [0.2, 0.25) is 0 Å². The van der Waals surface area contributed by atoms with Gasteiger partial charge in [0.05, 0.1) is 23.3 Å². The Labute approximate surface area is 181 Å². The van der Waals surface area contributed by atoms with E-state index in [0.29, 0.717) is 19.0 Å². The number of rotatable bonds is 5. The van der Waals surface area contributed by atoms with Crippen LogP contribution in [-0.4, -0.2) is 50.8 Å². The fourth-order valence-electron chi connectivity index (χ4n) is 4.59. The maximum Gasteiger partial charge on any atom is 0.331 e. The largest absolute Gasteiger partial charge is 0.337 e. The Morgan fingerprint density at radius 3 is 2.76 bits per heavy atom. The minimum absolute atomic E-state index is 0. The number of fused-ring (bicyclic) bond motifs is 3. The monoisotopic (exact) mass is 434 g/mol. The number of amides is 2. The number of amidine groups is 1. The van der Waals surface area contributed by atoms with E-state index < -0.39 is 0 Å². The number of hydrogen-bond donors (Lipinski definition) is 1. The van der Waals surface area contributed by atoms with Gasteiger partial charge in [-0.1, -0.05) is 19.8 Å². The fourth-order valence-corrected chi connectivity index (χ4v) is 5.22. The van der Waals surface area contributed by atoms with E-state index in [2.05, 4.69) is 22.3 Å². The number of aryl methyl sites for hydroxylation is 1. The van der Waals surface area contributed by atoms with E-state index in [9.17, 15) is 4.79 Å². The van der Waals surface area contributed by atoms with Gasteiger partial charge in [-0.15, -0.1) is 23.7 Å². The number of H-pyrrole nitrogens is 1. The predicted octanol–water partition coefficient (Wildman–Crippen LogP) is 4.28. The Morgan fingerprint density at radius 2 is 2.07 bits per heavy atom. The zero-order valence-electron chi connectivity index (χ0n) is 16.8. The van der Waals surface area contributed by atoms with E-state index in [1.54, 1.807) is 11.3 Å². The van der Waals surface area contributed by atoms with Crippen molar-refractivity contribution in [1.82, 2.24) is 19.9 Å². The van der Waals surface area contributed by atoms with Gasteiger partial charge in [0.1, 0.15) is 11.5 Å². The van der Waals surface area contributed by atoms with Crippen LogP contribution < -0.4 is 4.90 Å². The topological polar surface area (TPSA) is 77.5 Å². The van der Waals surface area contributed by atoms with Crippen molar-refractivity contribution in [1.29, 1.82) is 0 Å². The average Bonchev–Trinajstić information content (AvgIpc) is 3.44. The fraction of sp³-hybridized carbons (Fsp3) is 0.600. The molecule has 0 bridgehead atoms. The molecule has 0 spiro atoms. The molecule has 7 nitrogen and oxygen atoms in total. The van der Waals surface area contributed by atoms with E-state index >= 15 is 0 Å². The van der Waals surface area contributed by atoms with E-state index in [4.69, 9.17) is 9.98 Å². The standard InChI is InChI=1S/C20H26N6OS.ClH/c1-3-8-25-19-16(23-17(24-19)13-6-4-5-7-13)18-22-14(10-26(18)20(25)27)9-15-11-28-12(2)21-15;/h11,13-14H,3-10H2,1-2H3,(H,23,24);1H. The Kier molecular flexibility index (Phi) is 5.66. The van der Waals surface area contributed by atoms with Gasteiger partial charge >= 0.3 is 6.03 Å². The molecular formula is C20H27ClN6OS. The molecule has 156 valence electrons. The van der Waals surface area contributed by atoms with Gasteiger partial charge in [0.25, 0.3) is 0 Å². The summed E-state index contributed by atoms with van der Waals surface area (Å²) in [6, 6.07) is 0.0580. The number of thiazole rings is 1. The van der Waals surface area contributed by atoms with Crippen molar-refractivity contribution in [2.75, 3.05) is 18.0 Å². The smallest absolute Gasteiger partial charge is 0.331 e. The summed E-state index contributed by atoms with van der Waals surface area (Å²) in [6.45, 7) is 5.41. The van der Waals surface area contributed by atoms with Gasteiger partial charge in [-0.25, -0.2) is 14.8 Å². The van der Waals surface area contributed by atoms with Crippen molar-refractivity contribution in [2.45, 2.75) is 64.3 Å². The zero-order valence-corrected chi connectivity index (χ0v) is 18.5. The van der Waals surface area contributed by atoms with E-state index in [1.165, 1.54) is 25.7 Å². The maximum absolute atomic E-state index is 13.2. The third-order valence-electron chi connectivity index (χ3n) is 5.90. The lowest BCUT2D eigenvalue weighted by Crippen LogP contribution is -2.50. The number of imidazole rings is 1. The van der Waals surface area contributed by atoms with Gasteiger partial charge in [0.15, 0.2) is 11.7 Å². The molecule has 1 N–H and O–H groups in total. The molecule has 0 saturated heterocycles. The molecule has 2 aromatic heterocycles. The lowest BCUT2D eigenvalue weighted by atomic mass is 10.1. The Hall–Kier alpha value is -1.93. The molecule has 1 unspecified atom stereocenters. The van der Waals surface area contributed by atoms with Gasteiger partial charge in [-0.2, -0.15) is 0 Å². The molecule has 1 aliphatic carbocycles. The molecule has 1 fully saturated rings. The quantitative estimate of drug-likeness (QED) is 0.762. The number of nitrogens with one attached hydrogen (secondary N) is 1. The highest BCUT2D eigenvalue weighted by Crippen LogP contribution is 2.37. The normalized spacial score (nSPS) is 21.2. The molecule has 0 aromatic carbocycles. The van der Waals surface area contributed by atoms with Crippen LogP contribution in [0, 0.1) is 6.92 Å². The molecule has 1 saturated carbocycles. The highest BCUT2D eigenvalue weighted by atomic mass is 35.5. The van der Waals surface area contributed by atoms with Gasteiger partial charge in [-0.05, 0) is 26.2 Å². The molecule has 3 aliphatic rings. The number of aliphatic imine (C=N–C) groups is 1. The molecular weight excluding hydrogens is 408 g/mol. The number of nitrogens with zero attached hydrogens (tertiary/aromatic N) is 5. The number of halogens is 1. The van der Waals surface area contributed by atoms with Crippen LogP contribution in [0.1, 0.15) is 67.2 Å².